The molecule has 0 bridgehead atoms. The summed E-state index contributed by atoms with van der Waals surface area (Å²) in [6.07, 6.45) is 0.785. The van der Waals surface area contributed by atoms with Crippen molar-refractivity contribution in [1.82, 2.24) is 0 Å². The summed E-state index contributed by atoms with van der Waals surface area (Å²) in [4.78, 5) is 10.5. The number of benzene rings is 2. The zero-order chi connectivity index (χ0) is 13.0. The maximum Gasteiger partial charge on any atom is 0.150 e. The molecule has 18 heavy (non-hydrogen) atoms. The minimum atomic E-state index is -0.0537. The second-order valence-corrected chi connectivity index (χ2v) is 4.55. The third-order valence-electron chi connectivity index (χ3n) is 2.44. The Kier molecular flexibility index (Phi) is 4.12. The predicted octanol–water partition coefficient (Wildman–Crippen LogP) is 3.55. The van der Waals surface area contributed by atoms with Crippen molar-refractivity contribution in [2.75, 3.05) is 0 Å². The zero-order valence-corrected chi connectivity index (χ0v) is 11.1. The van der Waals surface area contributed by atoms with E-state index in [1.54, 1.807) is 36.4 Å². The molecule has 92 valence electrons. The van der Waals surface area contributed by atoms with E-state index in [0.717, 1.165) is 16.3 Å². The molecule has 0 aliphatic heterocycles. The quantitative estimate of drug-likeness (QED) is 0.879. The molecule has 0 amide bonds. The van der Waals surface area contributed by atoms with Crippen LogP contribution >= 0.6 is 15.9 Å². The second-order valence-electron chi connectivity index (χ2n) is 3.70. The van der Waals surface area contributed by atoms with Gasteiger partial charge in [-0.15, -0.1) is 0 Å². The third-order valence-corrected chi connectivity index (χ3v) is 3.21. The Morgan fingerprint density at radius 2 is 1.78 bits per heavy atom. The van der Waals surface area contributed by atoms with Gasteiger partial charge in [-0.25, -0.2) is 0 Å². The highest BCUT2D eigenvalue weighted by Crippen LogP contribution is 2.26. The molecule has 2 rings (SSSR count). The van der Waals surface area contributed by atoms with Crippen LogP contribution in [0.3, 0.4) is 0 Å². The Hall–Kier alpha value is -1.65. The van der Waals surface area contributed by atoms with E-state index in [1.165, 1.54) is 0 Å². The maximum absolute atomic E-state index is 10.5. The second kappa shape index (κ2) is 5.80. The lowest BCUT2D eigenvalue weighted by atomic mass is 10.2. The highest BCUT2D eigenvalue weighted by molar-refractivity contribution is 9.10. The van der Waals surface area contributed by atoms with Crippen molar-refractivity contribution in [1.29, 1.82) is 0 Å². The average molecular weight is 307 g/mol. The summed E-state index contributed by atoms with van der Waals surface area (Å²) >= 11 is 3.34. The van der Waals surface area contributed by atoms with Crippen molar-refractivity contribution in [3.05, 3.63) is 58.1 Å². The number of hydrogen-bond donors (Lipinski definition) is 1. The van der Waals surface area contributed by atoms with Gasteiger partial charge >= 0.3 is 0 Å². The number of rotatable bonds is 4. The molecule has 0 heterocycles. The fourth-order valence-electron chi connectivity index (χ4n) is 1.49. The number of carbonyl (C=O) groups excluding carboxylic acids is 1. The molecule has 2 aromatic carbocycles. The highest BCUT2D eigenvalue weighted by Gasteiger charge is 2.03. The van der Waals surface area contributed by atoms with Gasteiger partial charge in [0.15, 0.2) is 0 Å². The lowest BCUT2D eigenvalue weighted by Gasteiger charge is -2.08. The van der Waals surface area contributed by atoms with Crippen LogP contribution in [0.15, 0.2) is 46.9 Å². The molecule has 0 aromatic heterocycles. The Labute approximate surface area is 113 Å². The molecular formula is C14H11BrO3. The molecular weight excluding hydrogens is 296 g/mol. The van der Waals surface area contributed by atoms with E-state index in [1.807, 2.05) is 6.07 Å². The molecule has 1 N–H and O–H groups in total. The van der Waals surface area contributed by atoms with Crippen molar-refractivity contribution in [3.63, 3.8) is 0 Å². The molecule has 0 aliphatic carbocycles. The molecule has 0 saturated heterocycles. The van der Waals surface area contributed by atoms with Crippen molar-refractivity contribution < 1.29 is 14.6 Å². The first kappa shape index (κ1) is 12.8. The summed E-state index contributed by atoms with van der Waals surface area (Å²) < 4.78 is 6.47. The van der Waals surface area contributed by atoms with Crippen LogP contribution in [0.4, 0.5) is 0 Å². The van der Waals surface area contributed by atoms with Gasteiger partial charge < -0.3 is 9.84 Å². The van der Waals surface area contributed by atoms with Crippen LogP contribution < -0.4 is 4.74 Å². The fourth-order valence-corrected chi connectivity index (χ4v) is 1.86. The maximum atomic E-state index is 10.5. The highest BCUT2D eigenvalue weighted by atomic mass is 79.9. The van der Waals surface area contributed by atoms with E-state index in [9.17, 15) is 4.79 Å². The summed E-state index contributed by atoms with van der Waals surface area (Å²) in [7, 11) is 0. The number of hydrogen-bond acceptors (Lipinski definition) is 3. The fraction of sp³-hybridized carbons (Fsp3) is 0.0714. The zero-order valence-electron chi connectivity index (χ0n) is 9.47. The van der Waals surface area contributed by atoms with Crippen LogP contribution in [0.25, 0.3) is 0 Å². The van der Waals surface area contributed by atoms with Crippen LogP contribution in [0.1, 0.15) is 15.9 Å². The summed E-state index contributed by atoms with van der Waals surface area (Å²) in [5, 5.41) is 9.15. The van der Waals surface area contributed by atoms with Crippen molar-refractivity contribution in [3.8, 4) is 11.5 Å². The number of aliphatic hydroxyl groups is 1. The predicted molar refractivity (Wildman–Crippen MR) is 72.0 cm³/mol. The van der Waals surface area contributed by atoms with Gasteiger partial charge in [0.05, 0.1) is 6.61 Å². The largest absolute Gasteiger partial charge is 0.457 e. The molecule has 4 heteroatoms. The molecule has 0 spiro atoms. The molecule has 0 radical (unpaired) electrons. The lowest BCUT2D eigenvalue weighted by molar-refractivity contribution is 0.112. The standard InChI is InChI=1S/C14H11BrO3/c15-14-6-5-13(7-11(14)9-17)18-12-3-1-10(8-16)2-4-12/h1-8,17H,9H2. The monoisotopic (exact) mass is 306 g/mol. The molecule has 2 aromatic rings. The number of aldehydes is 1. The number of carbonyl (C=O) groups is 1. The minimum Gasteiger partial charge on any atom is -0.457 e. The van der Waals surface area contributed by atoms with Gasteiger partial charge in [-0.05, 0) is 48.0 Å². The smallest absolute Gasteiger partial charge is 0.150 e. The van der Waals surface area contributed by atoms with Crippen LogP contribution in [-0.4, -0.2) is 11.4 Å². The molecule has 3 nitrogen and oxygen atoms in total. The van der Waals surface area contributed by atoms with Gasteiger partial charge in [0.25, 0.3) is 0 Å². The van der Waals surface area contributed by atoms with Crippen LogP contribution in [0.2, 0.25) is 0 Å². The summed E-state index contributed by atoms with van der Waals surface area (Å²) in [5.74, 6) is 1.29. The van der Waals surface area contributed by atoms with Gasteiger partial charge in [0.2, 0.25) is 0 Å². The normalized spacial score (nSPS) is 10.1. The summed E-state index contributed by atoms with van der Waals surface area (Å²) in [6, 6.07) is 12.2. The lowest BCUT2D eigenvalue weighted by Crippen LogP contribution is -1.89. The number of aliphatic hydroxyl groups excluding tert-OH is 1. The van der Waals surface area contributed by atoms with E-state index in [4.69, 9.17) is 9.84 Å². The van der Waals surface area contributed by atoms with E-state index in [2.05, 4.69) is 15.9 Å². The van der Waals surface area contributed by atoms with Gasteiger partial charge in [-0.3, -0.25) is 4.79 Å². The SMILES string of the molecule is O=Cc1ccc(Oc2ccc(Br)c(CO)c2)cc1. The molecule has 0 atom stereocenters. The Bertz CT molecular complexity index is 549. The van der Waals surface area contributed by atoms with Crippen LogP contribution in [0, 0.1) is 0 Å². The molecule has 0 aliphatic rings. The van der Waals surface area contributed by atoms with Crippen LogP contribution in [0.5, 0.6) is 11.5 Å². The first-order valence-corrected chi connectivity index (χ1v) is 6.14. The summed E-state index contributed by atoms with van der Waals surface area (Å²) in [6.45, 7) is -0.0537. The van der Waals surface area contributed by atoms with E-state index < -0.39 is 0 Å². The van der Waals surface area contributed by atoms with Crippen LogP contribution in [-0.2, 0) is 6.61 Å². The topological polar surface area (TPSA) is 46.5 Å². The first-order valence-electron chi connectivity index (χ1n) is 5.35. The van der Waals surface area contributed by atoms with Crippen molar-refractivity contribution >= 4 is 22.2 Å². The number of halogens is 1. The average Bonchev–Trinajstić information content (AvgIpc) is 2.42. The van der Waals surface area contributed by atoms with Gasteiger partial charge in [-0.2, -0.15) is 0 Å². The molecule has 0 unspecified atom stereocenters. The Morgan fingerprint density at radius 1 is 1.11 bits per heavy atom. The number of ether oxygens (including phenoxy) is 1. The van der Waals surface area contributed by atoms with Crippen molar-refractivity contribution in [2.24, 2.45) is 0 Å². The van der Waals surface area contributed by atoms with Crippen molar-refractivity contribution in [2.45, 2.75) is 6.61 Å². The van der Waals surface area contributed by atoms with Gasteiger partial charge in [0.1, 0.15) is 17.8 Å². The van der Waals surface area contributed by atoms with E-state index in [-0.39, 0.29) is 6.61 Å². The van der Waals surface area contributed by atoms with E-state index in [0.29, 0.717) is 17.1 Å². The Morgan fingerprint density at radius 3 is 2.39 bits per heavy atom. The first-order chi connectivity index (χ1) is 8.72. The van der Waals surface area contributed by atoms with Gasteiger partial charge in [-0.1, -0.05) is 15.9 Å². The van der Waals surface area contributed by atoms with Gasteiger partial charge in [0, 0.05) is 10.0 Å². The third kappa shape index (κ3) is 2.97. The molecule has 0 fully saturated rings. The summed E-state index contributed by atoms with van der Waals surface area (Å²) in [5.41, 5.74) is 1.37. The Balaban J connectivity index is 2.19. The van der Waals surface area contributed by atoms with E-state index >= 15 is 0 Å². The molecule has 0 saturated carbocycles. The minimum absolute atomic E-state index is 0.0537.